The molecule has 0 fully saturated rings. The number of hydrogen-bond donors (Lipinski definition) is 0. The largest absolute Gasteiger partial charge is 0.247 e. The van der Waals surface area contributed by atoms with Gasteiger partial charge in [0.05, 0.1) is 15.9 Å². The maximum Gasteiger partial charge on any atom is 0.0823 e. The van der Waals surface area contributed by atoms with Crippen LogP contribution >= 0.6 is 11.3 Å². The lowest BCUT2D eigenvalue weighted by molar-refractivity contribution is 0.590. The SMILES string of the molecule is Cc1cc(-c2ccc3sc(-c4c(C)cccc4C)cc3n2)cc(C(C)(C)C)c1. The molecule has 0 N–H and O–H groups in total. The van der Waals surface area contributed by atoms with Crippen LogP contribution in [0, 0.1) is 20.8 Å². The van der Waals surface area contributed by atoms with Crippen LogP contribution in [0.25, 0.3) is 31.9 Å². The molecule has 0 saturated carbocycles. The molecule has 142 valence electrons. The topological polar surface area (TPSA) is 12.9 Å². The summed E-state index contributed by atoms with van der Waals surface area (Å²) in [5.74, 6) is 0. The molecule has 0 aliphatic rings. The summed E-state index contributed by atoms with van der Waals surface area (Å²) in [7, 11) is 0. The number of aromatic nitrogens is 1. The molecule has 1 nitrogen and oxygen atoms in total. The Balaban J connectivity index is 1.83. The van der Waals surface area contributed by atoms with Gasteiger partial charge >= 0.3 is 0 Å². The second kappa shape index (κ2) is 6.86. The van der Waals surface area contributed by atoms with Gasteiger partial charge in [0.2, 0.25) is 0 Å². The Hall–Kier alpha value is -2.45. The van der Waals surface area contributed by atoms with Crippen molar-refractivity contribution in [1.29, 1.82) is 0 Å². The summed E-state index contributed by atoms with van der Waals surface area (Å²) < 4.78 is 1.24. The standard InChI is InChI=1S/C26H27NS/c1-16-12-19(14-20(13-16)26(4,5)6)21-10-11-23-22(27-21)15-24(28-23)25-17(2)8-7-9-18(25)3/h7-15H,1-6H3. The van der Waals surface area contributed by atoms with E-state index in [1.165, 1.54) is 43.0 Å². The molecule has 4 rings (SSSR count). The number of nitrogens with zero attached hydrogens (tertiary/aromatic N) is 1. The molecule has 0 radical (unpaired) electrons. The molecule has 0 bridgehead atoms. The molecule has 28 heavy (non-hydrogen) atoms. The molecule has 0 aliphatic heterocycles. The van der Waals surface area contributed by atoms with Crippen molar-refractivity contribution in [3.05, 3.63) is 76.9 Å². The van der Waals surface area contributed by atoms with Crippen molar-refractivity contribution >= 4 is 21.6 Å². The van der Waals surface area contributed by atoms with Gasteiger partial charge in [-0.1, -0.05) is 50.6 Å². The van der Waals surface area contributed by atoms with Crippen LogP contribution in [-0.2, 0) is 5.41 Å². The molecule has 2 aromatic carbocycles. The molecule has 2 heterocycles. The normalized spacial score (nSPS) is 11.9. The molecule has 4 aromatic rings. The summed E-state index contributed by atoms with van der Waals surface area (Å²) in [6, 6.07) is 19.9. The quantitative estimate of drug-likeness (QED) is 0.342. The minimum atomic E-state index is 0.128. The third-order valence-corrected chi connectivity index (χ3v) is 6.45. The Labute approximate surface area is 172 Å². The second-order valence-electron chi connectivity index (χ2n) is 8.80. The summed E-state index contributed by atoms with van der Waals surface area (Å²) in [5, 5.41) is 0. The van der Waals surface area contributed by atoms with Gasteiger partial charge in [-0.05, 0) is 78.8 Å². The highest BCUT2D eigenvalue weighted by Gasteiger charge is 2.16. The first-order valence-electron chi connectivity index (χ1n) is 9.82. The van der Waals surface area contributed by atoms with Crippen LogP contribution in [0.2, 0.25) is 0 Å². The summed E-state index contributed by atoms with van der Waals surface area (Å²) in [6.45, 7) is 13.3. The van der Waals surface area contributed by atoms with Crippen LogP contribution in [0.4, 0.5) is 0 Å². The molecule has 0 unspecified atom stereocenters. The van der Waals surface area contributed by atoms with Gasteiger partial charge in [-0.25, -0.2) is 4.98 Å². The van der Waals surface area contributed by atoms with Crippen molar-refractivity contribution in [2.24, 2.45) is 0 Å². The predicted octanol–water partition coefficient (Wildman–Crippen LogP) is 7.85. The minimum absolute atomic E-state index is 0.128. The lowest BCUT2D eigenvalue weighted by Crippen LogP contribution is -2.11. The van der Waals surface area contributed by atoms with Gasteiger partial charge in [-0.15, -0.1) is 11.3 Å². The first-order chi connectivity index (χ1) is 13.2. The zero-order chi connectivity index (χ0) is 20.1. The fourth-order valence-corrected chi connectivity index (χ4v) is 4.95. The van der Waals surface area contributed by atoms with E-state index in [9.17, 15) is 0 Å². The molecule has 2 heteroatoms. The highest BCUT2D eigenvalue weighted by Crippen LogP contribution is 2.37. The highest BCUT2D eigenvalue weighted by atomic mass is 32.1. The first kappa shape index (κ1) is 18.9. The van der Waals surface area contributed by atoms with E-state index in [0.717, 1.165) is 11.2 Å². The molecule has 0 saturated heterocycles. The van der Waals surface area contributed by atoms with E-state index in [1.807, 2.05) is 11.3 Å². The third kappa shape index (κ3) is 3.49. The third-order valence-electron chi connectivity index (χ3n) is 5.34. The second-order valence-corrected chi connectivity index (χ2v) is 9.88. The van der Waals surface area contributed by atoms with Crippen LogP contribution in [0.1, 0.15) is 43.0 Å². The minimum Gasteiger partial charge on any atom is -0.247 e. The number of rotatable bonds is 2. The van der Waals surface area contributed by atoms with E-state index in [4.69, 9.17) is 4.98 Å². The summed E-state index contributed by atoms with van der Waals surface area (Å²) in [5.41, 5.74) is 10.1. The van der Waals surface area contributed by atoms with E-state index in [-0.39, 0.29) is 5.41 Å². The van der Waals surface area contributed by atoms with Gasteiger partial charge in [-0.2, -0.15) is 0 Å². The molecular formula is C26H27NS. The number of hydrogen-bond acceptors (Lipinski definition) is 2. The zero-order valence-corrected chi connectivity index (χ0v) is 18.4. The van der Waals surface area contributed by atoms with Crippen molar-refractivity contribution in [3.63, 3.8) is 0 Å². The summed E-state index contributed by atoms with van der Waals surface area (Å²) >= 11 is 1.83. The number of pyridine rings is 1. The summed E-state index contributed by atoms with van der Waals surface area (Å²) in [4.78, 5) is 6.33. The van der Waals surface area contributed by atoms with Crippen LogP contribution < -0.4 is 0 Å². The van der Waals surface area contributed by atoms with Crippen LogP contribution in [0.15, 0.2) is 54.6 Å². The van der Waals surface area contributed by atoms with Gasteiger partial charge in [0.25, 0.3) is 0 Å². The maximum atomic E-state index is 5.03. The van der Waals surface area contributed by atoms with E-state index in [1.54, 1.807) is 0 Å². The lowest BCUT2D eigenvalue weighted by Gasteiger charge is -2.20. The average Bonchev–Trinajstić information content (AvgIpc) is 3.03. The van der Waals surface area contributed by atoms with Crippen LogP contribution in [-0.4, -0.2) is 4.98 Å². The molecule has 0 aliphatic carbocycles. The number of benzene rings is 2. The number of thiophene rings is 1. The molecule has 0 spiro atoms. The Morgan fingerprint density at radius 1 is 0.821 bits per heavy atom. The van der Waals surface area contributed by atoms with Crippen molar-refractivity contribution in [2.45, 2.75) is 47.0 Å². The number of fused-ring (bicyclic) bond motifs is 1. The highest BCUT2D eigenvalue weighted by molar-refractivity contribution is 7.22. The van der Waals surface area contributed by atoms with E-state index in [2.05, 4.69) is 96.1 Å². The van der Waals surface area contributed by atoms with Crippen molar-refractivity contribution in [1.82, 2.24) is 4.98 Å². The molecule has 0 atom stereocenters. The van der Waals surface area contributed by atoms with E-state index >= 15 is 0 Å². The van der Waals surface area contributed by atoms with Gasteiger partial charge in [-0.3, -0.25) is 0 Å². The summed E-state index contributed by atoms with van der Waals surface area (Å²) in [6.07, 6.45) is 0. The Kier molecular flexibility index (Phi) is 4.63. The molecular weight excluding hydrogens is 358 g/mol. The molecule has 0 amide bonds. The monoisotopic (exact) mass is 385 g/mol. The van der Waals surface area contributed by atoms with Crippen LogP contribution in [0.3, 0.4) is 0 Å². The fourth-order valence-electron chi connectivity index (χ4n) is 3.78. The van der Waals surface area contributed by atoms with Gasteiger partial charge in [0, 0.05) is 10.4 Å². The predicted molar refractivity (Wildman–Crippen MR) is 123 cm³/mol. The lowest BCUT2D eigenvalue weighted by atomic mass is 9.85. The fraction of sp³-hybridized carbons (Fsp3) is 0.269. The van der Waals surface area contributed by atoms with Crippen molar-refractivity contribution in [3.8, 4) is 21.7 Å². The first-order valence-corrected chi connectivity index (χ1v) is 10.6. The smallest absolute Gasteiger partial charge is 0.0823 e. The van der Waals surface area contributed by atoms with Gasteiger partial charge < -0.3 is 0 Å². The molecule has 2 aromatic heterocycles. The maximum absolute atomic E-state index is 5.03. The average molecular weight is 386 g/mol. The van der Waals surface area contributed by atoms with Gasteiger partial charge in [0.1, 0.15) is 0 Å². The number of aryl methyl sites for hydroxylation is 3. The Bertz CT molecular complexity index is 1150. The van der Waals surface area contributed by atoms with Crippen LogP contribution in [0.5, 0.6) is 0 Å². The van der Waals surface area contributed by atoms with E-state index in [0.29, 0.717) is 0 Å². The van der Waals surface area contributed by atoms with Crippen molar-refractivity contribution < 1.29 is 0 Å². The van der Waals surface area contributed by atoms with Crippen molar-refractivity contribution in [2.75, 3.05) is 0 Å². The zero-order valence-electron chi connectivity index (χ0n) is 17.6. The van der Waals surface area contributed by atoms with Gasteiger partial charge in [0.15, 0.2) is 0 Å². The Morgan fingerprint density at radius 3 is 2.21 bits per heavy atom. The van der Waals surface area contributed by atoms with E-state index < -0.39 is 0 Å². The Morgan fingerprint density at radius 2 is 1.54 bits per heavy atom.